The van der Waals surface area contributed by atoms with Crippen molar-refractivity contribution in [3.8, 4) is 11.5 Å². The number of hydrogen-bond donors (Lipinski definition) is 1. The molecule has 4 heteroatoms. The van der Waals surface area contributed by atoms with Gasteiger partial charge in [0, 0.05) is 10.0 Å². The third kappa shape index (κ3) is 3.74. The summed E-state index contributed by atoms with van der Waals surface area (Å²) in [7, 11) is 1.64. The second kappa shape index (κ2) is 6.77. The Balaban J connectivity index is 2.06. The molecule has 0 amide bonds. The summed E-state index contributed by atoms with van der Waals surface area (Å²) in [5.41, 5.74) is 1.85. The molecule has 106 valence electrons. The predicted octanol–water partition coefficient (Wildman–Crippen LogP) is 4.09. The van der Waals surface area contributed by atoms with E-state index in [-0.39, 0.29) is 0 Å². The molecule has 1 atom stereocenters. The van der Waals surface area contributed by atoms with Crippen LogP contribution in [0.5, 0.6) is 11.5 Å². The molecule has 1 N–H and O–H groups in total. The van der Waals surface area contributed by atoms with E-state index in [9.17, 15) is 5.11 Å². The lowest BCUT2D eigenvalue weighted by Crippen LogP contribution is -1.99. The number of methoxy groups -OCH3 is 1. The quantitative estimate of drug-likeness (QED) is 0.893. The minimum absolute atomic E-state index is 0.427. The van der Waals surface area contributed by atoms with Gasteiger partial charge in [0.1, 0.15) is 18.1 Å². The average molecular weight is 337 g/mol. The minimum Gasteiger partial charge on any atom is -0.496 e. The van der Waals surface area contributed by atoms with Crippen LogP contribution in [0, 0.1) is 0 Å². The van der Waals surface area contributed by atoms with Crippen LogP contribution in [-0.4, -0.2) is 12.2 Å². The summed E-state index contributed by atoms with van der Waals surface area (Å²) in [6, 6.07) is 13.2. The van der Waals surface area contributed by atoms with Gasteiger partial charge < -0.3 is 14.6 Å². The lowest BCUT2D eigenvalue weighted by atomic mass is 10.1. The Morgan fingerprint density at radius 3 is 2.45 bits per heavy atom. The molecule has 0 fully saturated rings. The van der Waals surface area contributed by atoms with Crippen molar-refractivity contribution in [1.29, 1.82) is 0 Å². The number of aliphatic hydroxyl groups is 1. The fraction of sp³-hybridized carbons (Fsp3) is 0.250. The van der Waals surface area contributed by atoms with Crippen molar-refractivity contribution in [2.45, 2.75) is 19.6 Å². The van der Waals surface area contributed by atoms with Crippen molar-refractivity contribution in [1.82, 2.24) is 0 Å². The summed E-state index contributed by atoms with van der Waals surface area (Å²) in [4.78, 5) is 0. The summed E-state index contributed by atoms with van der Waals surface area (Å²) < 4.78 is 12.0. The smallest absolute Gasteiger partial charge is 0.125 e. The van der Waals surface area contributed by atoms with Crippen LogP contribution >= 0.6 is 15.9 Å². The van der Waals surface area contributed by atoms with Gasteiger partial charge in [-0.3, -0.25) is 0 Å². The molecule has 2 aromatic rings. The topological polar surface area (TPSA) is 38.7 Å². The van der Waals surface area contributed by atoms with Gasteiger partial charge in [-0.25, -0.2) is 0 Å². The number of hydrogen-bond acceptors (Lipinski definition) is 3. The molecule has 0 aromatic heterocycles. The molecule has 0 heterocycles. The Morgan fingerprint density at radius 2 is 1.85 bits per heavy atom. The standard InChI is InChI=1S/C16H17BrO3/c1-11(18)12-3-6-15(7-4-12)20-10-13-9-14(17)5-8-16(13)19-2/h3-9,11,18H,10H2,1-2H3/t11-/m0/s1. The van der Waals surface area contributed by atoms with Gasteiger partial charge in [-0.05, 0) is 42.8 Å². The first-order chi connectivity index (χ1) is 9.60. The Hall–Kier alpha value is -1.52. The van der Waals surface area contributed by atoms with Crippen molar-refractivity contribution in [2.24, 2.45) is 0 Å². The van der Waals surface area contributed by atoms with E-state index in [1.807, 2.05) is 42.5 Å². The molecule has 3 nitrogen and oxygen atoms in total. The van der Waals surface area contributed by atoms with Crippen LogP contribution in [0.4, 0.5) is 0 Å². The van der Waals surface area contributed by atoms with Gasteiger partial charge in [0.15, 0.2) is 0 Å². The molecular weight excluding hydrogens is 320 g/mol. The summed E-state index contributed by atoms with van der Waals surface area (Å²) in [5, 5.41) is 9.46. The van der Waals surface area contributed by atoms with Crippen LogP contribution in [0.2, 0.25) is 0 Å². The van der Waals surface area contributed by atoms with Gasteiger partial charge in [0.25, 0.3) is 0 Å². The highest BCUT2D eigenvalue weighted by Gasteiger charge is 2.05. The number of benzene rings is 2. The van der Waals surface area contributed by atoms with Gasteiger partial charge in [-0.2, -0.15) is 0 Å². The number of ether oxygens (including phenoxy) is 2. The third-order valence-corrected chi connectivity index (χ3v) is 3.49. The normalized spacial score (nSPS) is 12.0. The molecule has 0 unspecified atom stereocenters. The van der Waals surface area contributed by atoms with Gasteiger partial charge in [0.05, 0.1) is 13.2 Å². The molecule has 2 rings (SSSR count). The average Bonchev–Trinajstić information content (AvgIpc) is 2.45. The van der Waals surface area contributed by atoms with E-state index in [1.54, 1.807) is 14.0 Å². The van der Waals surface area contributed by atoms with Crippen molar-refractivity contribution in [3.05, 3.63) is 58.1 Å². The van der Waals surface area contributed by atoms with Crippen molar-refractivity contribution >= 4 is 15.9 Å². The Kier molecular flexibility index (Phi) is 5.04. The molecule has 20 heavy (non-hydrogen) atoms. The summed E-state index contributed by atoms with van der Waals surface area (Å²) in [6.45, 7) is 2.17. The lowest BCUT2D eigenvalue weighted by Gasteiger charge is -2.11. The largest absolute Gasteiger partial charge is 0.496 e. The maximum atomic E-state index is 9.46. The molecule has 0 radical (unpaired) electrons. The molecule has 0 spiro atoms. The zero-order valence-electron chi connectivity index (χ0n) is 11.5. The van der Waals surface area contributed by atoms with E-state index in [0.29, 0.717) is 6.61 Å². The molecule has 0 bridgehead atoms. The highest BCUT2D eigenvalue weighted by molar-refractivity contribution is 9.10. The van der Waals surface area contributed by atoms with Crippen LogP contribution in [-0.2, 0) is 6.61 Å². The second-order valence-electron chi connectivity index (χ2n) is 4.49. The van der Waals surface area contributed by atoms with Gasteiger partial charge in [-0.1, -0.05) is 28.1 Å². The van der Waals surface area contributed by atoms with Crippen LogP contribution < -0.4 is 9.47 Å². The molecule has 0 saturated carbocycles. The zero-order valence-corrected chi connectivity index (χ0v) is 13.1. The Labute approximate surface area is 127 Å². The van der Waals surface area contributed by atoms with Crippen molar-refractivity contribution in [2.75, 3.05) is 7.11 Å². The number of rotatable bonds is 5. The van der Waals surface area contributed by atoms with Crippen LogP contribution in [0.3, 0.4) is 0 Å². The van der Waals surface area contributed by atoms with E-state index >= 15 is 0 Å². The monoisotopic (exact) mass is 336 g/mol. The fourth-order valence-corrected chi connectivity index (χ4v) is 2.27. The maximum absolute atomic E-state index is 9.46. The first kappa shape index (κ1) is 14.9. The summed E-state index contributed by atoms with van der Waals surface area (Å²) in [5.74, 6) is 1.56. The van der Waals surface area contributed by atoms with Crippen molar-refractivity contribution in [3.63, 3.8) is 0 Å². The third-order valence-electron chi connectivity index (χ3n) is 3.00. The maximum Gasteiger partial charge on any atom is 0.125 e. The minimum atomic E-state index is -0.464. The Morgan fingerprint density at radius 1 is 1.15 bits per heavy atom. The highest BCUT2D eigenvalue weighted by Crippen LogP contribution is 2.25. The highest BCUT2D eigenvalue weighted by atomic mass is 79.9. The number of aliphatic hydroxyl groups excluding tert-OH is 1. The number of halogens is 1. The predicted molar refractivity (Wildman–Crippen MR) is 82.1 cm³/mol. The molecule has 0 aliphatic carbocycles. The molecular formula is C16H17BrO3. The van der Waals surface area contributed by atoms with Crippen LogP contribution in [0.15, 0.2) is 46.9 Å². The summed E-state index contributed by atoms with van der Waals surface area (Å²) in [6.07, 6.45) is -0.464. The van der Waals surface area contributed by atoms with E-state index in [1.165, 1.54) is 0 Å². The SMILES string of the molecule is COc1ccc(Br)cc1COc1ccc([C@H](C)O)cc1. The van der Waals surface area contributed by atoms with E-state index < -0.39 is 6.10 Å². The van der Waals surface area contributed by atoms with E-state index in [0.717, 1.165) is 27.1 Å². The molecule has 0 aliphatic rings. The Bertz CT molecular complexity index is 564. The van der Waals surface area contributed by atoms with Crippen LogP contribution in [0.25, 0.3) is 0 Å². The first-order valence-corrected chi connectivity index (χ1v) is 7.12. The first-order valence-electron chi connectivity index (χ1n) is 6.33. The van der Waals surface area contributed by atoms with Gasteiger partial charge >= 0.3 is 0 Å². The van der Waals surface area contributed by atoms with Crippen molar-refractivity contribution < 1.29 is 14.6 Å². The molecule has 0 aliphatic heterocycles. The zero-order chi connectivity index (χ0) is 14.5. The lowest BCUT2D eigenvalue weighted by molar-refractivity contribution is 0.199. The van der Waals surface area contributed by atoms with E-state index in [4.69, 9.17) is 9.47 Å². The fourth-order valence-electron chi connectivity index (χ4n) is 1.86. The van der Waals surface area contributed by atoms with Gasteiger partial charge in [-0.15, -0.1) is 0 Å². The molecule has 2 aromatic carbocycles. The van der Waals surface area contributed by atoms with E-state index in [2.05, 4.69) is 15.9 Å². The molecule has 0 saturated heterocycles. The van der Waals surface area contributed by atoms with Gasteiger partial charge in [0.2, 0.25) is 0 Å². The second-order valence-corrected chi connectivity index (χ2v) is 5.41. The summed E-state index contributed by atoms with van der Waals surface area (Å²) >= 11 is 3.44. The van der Waals surface area contributed by atoms with Crippen LogP contribution in [0.1, 0.15) is 24.2 Å².